The van der Waals surface area contributed by atoms with Gasteiger partial charge in [-0.25, -0.2) is 0 Å². The highest BCUT2D eigenvalue weighted by atomic mass is 31.2. The maximum absolute atomic E-state index is 12.4. The third-order valence-corrected chi connectivity index (χ3v) is 4.11. The van der Waals surface area contributed by atoms with Crippen LogP contribution in [0.3, 0.4) is 0 Å². The lowest BCUT2D eigenvalue weighted by Gasteiger charge is -2.14. The van der Waals surface area contributed by atoms with Crippen molar-refractivity contribution in [2.45, 2.75) is 13.8 Å². The molecule has 0 aliphatic carbocycles. The molecule has 0 saturated carbocycles. The van der Waals surface area contributed by atoms with Crippen molar-refractivity contribution in [3.8, 4) is 0 Å². The molecule has 1 heterocycles. The summed E-state index contributed by atoms with van der Waals surface area (Å²) in [4.78, 5) is 10.1. The van der Waals surface area contributed by atoms with Gasteiger partial charge in [0.15, 0.2) is 7.05 Å². The predicted molar refractivity (Wildman–Crippen MR) is 73.2 cm³/mol. The van der Waals surface area contributed by atoms with Crippen molar-refractivity contribution in [1.29, 1.82) is 0 Å². The highest BCUT2D eigenvalue weighted by Crippen LogP contribution is 2.42. The molecule has 0 fully saturated rings. The van der Waals surface area contributed by atoms with E-state index in [0.717, 1.165) is 0 Å². The second kappa shape index (κ2) is 5.37. The molecule has 19 heavy (non-hydrogen) atoms. The van der Waals surface area contributed by atoms with Crippen molar-refractivity contribution in [1.82, 2.24) is 5.10 Å². The van der Waals surface area contributed by atoms with E-state index in [1.54, 1.807) is 25.4 Å². The molecule has 0 saturated heterocycles. The first-order valence-corrected chi connectivity index (χ1v) is 7.71. The Morgan fingerprint density at radius 1 is 1.42 bits per heavy atom. The molecular weight excluding hydrogens is 263 g/mol. The summed E-state index contributed by atoms with van der Waals surface area (Å²) >= 11 is 0. The highest BCUT2D eigenvalue weighted by Gasteiger charge is 2.29. The lowest BCUT2D eigenvalue weighted by Crippen LogP contribution is -2.36. The molecule has 0 amide bonds. The minimum Gasteiger partial charge on any atom is -0.321 e. The maximum atomic E-state index is 12.4. The molecule has 2 aromatic rings. The summed E-state index contributed by atoms with van der Waals surface area (Å²) in [6, 6.07) is 7.24. The van der Waals surface area contributed by atoms with Crippen molar-refractivity contribution in [3.05, 3.63) is 30.5 Å². The average molecular weight is 281 g/mol. The Bertz CT molecular complexity index is 643. The molecule has 102 valence electrons. The van der Waals surface area contributed by atoms with Crippen LogP contribution in [0.4, 0.5) is 0 Å². The summed E-state index contributed by atoms with van der Waals surface area (Å²) in [5, 5.41) is 5.22. The fourth-order valence-corrected chi connectivity index (χ4v) is 3.21. The molecule has 0 spiro atoms. The third kappa shape index (κ3) is 3.18. The lowest BCUT2D eigenvalue weighted by atomic mass is 10.2. The summed E-state index contributed by atoms with van der Waals surface area (Å²) in [5.41, 5.74) is 0.671. The summed E-state index contributed by atoms with van der Waals surface area (Å²) < 4.78 is 19.1. The van der Waals surface area contributed by atoms with Gasteiger partial charge in [0.1, 0.15) is 10.8 Å². The zero-order valence-electron chi connectivity index (χ0n) is 11.3. The number of nitrogens with zero attached hydrogens (tertiary/aromatic N) is 2. The number of aryl methyl sites for hydroxylation is 1. The van der Waals surface area contributed by atoms with Crippen molar-refractivity contribution in [2.75, 3.05) is 6.61 Å². The van der Waals surface area contributed by atoms with Crippen LogP contribution in [0.2, 0.25) is 0 Å². The number of hydrogen-bond donors (Lipinski definition) is 1. The van der Waals surface area contributed by atoms with Gasteiger partial charge < -0.3 is 9.42 Å². The quantitative estimate of drug-likeness (QED) is 0.682. The number of rotatable bonds is 4. The van der Waals surface area contributed by atoms with Gasteiger partial charge in [0.05, 0.1) is 6.61 Å². The van der Waals surface area contributed by atoms with Gasteiger partial charge in [0, 0.05) is 5.39 Å². The second-order valence-electron chi connectivity index (χ2n) is 4.92. The van der Waals surface area contributed by atoms with E-state index in [-0.39, 0.29) is 12.5 Å². The third-order valence-electron chi connectivity index (χ3n) is 2.64. The van der Waals surface area contributed by atoms with E-state index < -0.39 is 7.60 Å². The summed E-state index contributed by atoms with van der Waals surface area (Å²) in [5.74, 6) is 0.197. The van der Waals surface area contributed by atoms with Gasteiger partial charge in [-0.15, -0.1) is 0 Å². The molecule has 0 aliphatic rings. The molecule has 2 rings (SSSR count). The molecular formula is C13H18N2O3P+. The van der Waals surface area contributed by atoms with Crippen LogP contribution in [-0.4, -0.2) is 16.6 Å². The van der Waals surface area contributed by atoms with Crippen LogP contribution >= 0.6 is 7.60 Å². The molecule has 1 unspecified atom stereocenters. The maximum Gasteiger partial charge on any atom is 0.365 e. The fraction of sp³-hybridized carbons (Fsp3) is 0.385. The normalized spacial score (nSPS) is 14.8. The van der Waals surface area contributed by atoms with Crippen molar-refractivity contribution in [2.24, 2.45) is 13.0 Å². The first kappa shape index (κ1) is 14.1. The second-order valence-corrected chi connectivity index (χ2v) is 6.70. The van der Waals surface area contributed by atoms with Crippen LogP contribution in [0.25, 0.3) is 10.9 Å². The van der Waals surface area contributed by atoms with Gasteiger partial charge in [-0.3, -0.25) is 4.57 Å². The Balaban J connectivity index is 2.52. The zero-order valence-corrected chi connectivity index (χ0v) is 12.2. The summed E-state index contributed by atoms with van der Waals surface area (Å²) in [6.07, 6.45) is 1.55. The molecule has 1 aromatic heterocycles. The van der Waals surface area contributed by atoms with Gasteiger partial charge in [0.2, 0.25) is 6.20 Å². The molecule has 0 radical (unpaired) electrons. The van der Waals surface area contributed by atoms with Crippen molar-refractivity contribution in [3.63, 3.8) is 0 Å². The number of aromatic nitrogens is 2. The van der Waals surface area contributed by atoms with E-state index in [1.807, 2.05) is 26.0 Å². The standard InChI is InChI=1S/C13H17N2O3P/c1-10(2)9-18-19(16,17)13-8-15(3)14-12-7-5-4-6-11(12)13/h4-8,10H,9H2,1-3H3/p+1. The topological polar surface area (TPSA) is 63.3 Å². The van der Waals surface area contributed by atoms with Crippen LogP contribution in [0.15, 0.2) is 30.5 Å². The van der Waals surface area contributed by atoms with E-state index in [0.29, 0.717) is 16.2 Å². The largest absolute Gasteiger partial charge is 0.365 e. The van der Waals surface area contributed by atoms with Crippen LogP contribution in [0.1, 0.15) is 13.8 Å². The highest BCUT2D eigenvalue weighted by molar-refractivity contribution is 7.61. The van der Waals surface area contributed by atoms with Crippen LogP contribution in [0.5, 0.6) is 0 Å². The molecule has 0 bridgehead atoms. The van der Waals surface area contributed by atoms with E-state index in [2.05, 4.69) is 5.10 Å². The molecule has 1 atom stereocenters. The van der Waals surface area contributed by atoms with Crippen LogP contribution in [0, 0.1) is 5.92 Å². The van der Waals surface area contributed by atoms with Gasteiger partial charge in [-0.2, -0.15) is 0 Å². The van der Waals surface area contributed by atoms with Crippen LogP contribution in [-0.2, 0) is 16.1 Å². The monoisotopic (exact) mass is 281 g/mol. The minimum atomic E-state index is -3.83. The molecule has 1 N–H and O–H groups in total. The molecule has 6 heteroatoms. The Morgan fingerprint density at radius 2 is 2.11 bits per heavy atom. The summed E-state index contributed by atoms with van der Waals surface area (Å²) in [6.45, 7) is 4.11. The van der Waals surface area contributed by atoms with E-state index in [4.69, 9.17) is 4.52 Å². The van der Waals surface area contributed by atoms with Crippen molar-refractivity contribution < 1.29 is 18.7 Å². The van der Waals surface area contributed by atoms with Gasteiger partial charge in [0.25, 0.3) is 0 Å². The average Bonchev–Trinajstić information content (AvgIpc) is 2.35. The molecule has 5 nitrogen and oxygen atoms in total. The first-order chi connectivity index (χ1) is 8.90. The minimum absolute atomic E-state index is 0.197. The Hall–Kier alpha value is -1.29. The van der Waals surface area contributed by atoms with Gasteiger partial charge >= 0.3 is 7.60 Å². The SMILES string of the molecule is CC(C)COP(=O)(O)c1c[n+](C)nc2ccccc12. The van der Waals surface area contributed by atoms with E-state index in [1.165, 1.54) is 4.68 Å². The fourth-order valence-electron chi connectivity index (χ4n) is 1.77. The van der Waals surface area contributed by atoms with Crippen molar-refractivity contribution >= 4 is 23.8 Å². The summed E-state index contributed by atoms with van der Waals surface area (Å²) in [7, 11) is -2.11. The van der Waals surface area contributed by atoms with Crippen LogP contribution < -0.4 is 9.99 Å². The zero-order chi connectivity index (χ0) is 14.0. The smallest absolute Gasteiger partial charge is 0.321 e. The Kier molecular flexibility index (Phi) is 3.99. The lowest BCUT2D eigenvalue weighted by molar-refractivity contribution is -0.727. The number of hydrogen-bond acceptors (Lipinski definition) is 3. The number of fused-ring (bicyclic) bond motifs is 1. The Morgan fingerprint density at radius 3 is 2.79 bits per heavy atom. The van der Waals surface area contributed by atoms with E-state index >= 15 is 0 Å². The predicted octanol–water partition coefficient (Wildman–Crippen LogP) is 1.54. The molecule has 0 aliphatic heterocycles. The first-order valence-electron chi connectivity index (χ1n) is 6.14. The van der Waals surface area contributed by atoms with E-state index in [9.17, 15) is 9.46 Å². The molecule has 1 aromatic carbocycles. The van der Waals surface area contributed by atoms with Gasteiger partial charge in [-0.05, 0) is 17.1 Å². The number of benzene rings is 1. The Labute approximate surface area is 112 Å². The van der Waals surface area contributed by atoms with Gasteiger partial charge in [-0.1, -0.05) is 36.7 Å².